The fraction of sp³-hybridized carbons (Fsp3) is 0.692. The lowest BCUT2D eigenvalue weighted by molar-refractivity contribution is -0.126. The van der Waals surface area contributed by atoms with Crippen molar-refractivity contribution in [2.45, 2.75) is 37.4 Å². The third-order valence-corrected chi connectivity index (χ3v) is 4.27. The van der Waals surface area contributed by atoms with E-state index in [4.69, 9.17) is 4.74 Å². The number of rotatable bonds is 5. The van der Waals surface area contributed by atoms with E-state index in [1.165, 1.54) is 23.8 Å². The van der Waals surface area contributed by atoms with E-state index in [-0.39, 0.29) is 5.91 Å². The average molecular weight is 327 g/mol. The number of H-pyrrole nitrogens is 1. The molecule has 2 heterocycles. The average Bonchev–Trinajstić information content (AvgIpc) is 2.96. The van der Waals surface area contributed by atoms with Crippen molar-refractivity contribution in [2.75, 3.05) is 26.0 Å². The number of likely N-dealkylation sites (tertiary alicyclic amines) is 1. The van der Waals surface area contributed by atoms with Crippen LogP contribution in [0.4, 0.5) is 4.79 Å². The van der Waals surface area contributed by atoms with Crippen LogP contribution in [0.15, 0.2) is 5.16 Å². The molecule has 0 unspecified atom stereocenters. The van der Waals surface area contributed by atoms with Gasteiger partial charge in [-0.05, 0) is 26.2 Å². The van der Waals surface area contributed by atoms with Crippen molar-refractivity contribution in [3.05, 3.63) is 5.82 Å². The number of piperidine rings is 1. The molecule has 2 amide bonds. The summed E-state index contributed by atoms with van der Waals surface area (Å²) in [6.07, 6.45) is 2.08. The van der Waals surface area contributed by atoms with Crippen molar-refractivity contribution in [1.82, 2.24) is 25.4 Å². The Morgan fingerprint density at radius 3 is 3.00 bits per heavy atom. The molecular formula is C13H21N5O3S. The largest absolute Gasteiger partial charge is 0.453 e. The fourth-order valence-corrected chi connectivity index (χ4v) is 3.06. The van der Waals surface area contributed by atoms with E-state index in [1.807, 2.05) is 6.92 Å². The predicted octanol–water partition coefficient (Wildman–Crippen LogP) is 0.942. The second-order valence-corrected chi connectivity index (χ2v) is 6.08. The molecule has 0 aromatic carbocycles. The Hall–Kier alpha value is -1.77. The number of thioether (sulfide) groups is 1. The van der Waals surface area contributed by atoms with Gasteiger partial charge in [0.15, 0.2) is 0 Å². The molecular weight excluding hydrogens is 306 g/mol. The van der Waals surface area contributed by atoms with Crippen LogP contribution in [0.1, 0.15) is 25.1 Å². The van der Waals surface area contributed by atoms with Gasteiger partial charge in [-0.3, -0.25) is 14.8 Å². The molecule has 1 saturated heterocycles. The second kappa shape index (κ2) is 8.02. The maximum atomic E-state index is 12.2. The first-order valence-corrected chi connectivity index (χ1v) is 8.24. The fourth-order valence-electron chi connectivity index (χ4n) is 2.36. The van der Waals surface area contributed by atoms with E-state index in [9.17, 15) is 9.59 Å². The molecule has 2 rings (SSSR count). The summed E-state index contributed by atoms with van der Waals surface area (Å²) in [4.78, 5) is 29.6. The molecule has 22 heavy (non-hydrogen) atoms. The Morgan fingerprint density at radius 1 is 1.50 bits per heavy atom. The molecule has 1 atom stereocenters. The highest BCUT2D eigenvalue weighted by atomic mass is 32.2. The molecule has 1 aromatic rings. The minimum atomic E-state index is -0.439. The van der Waals surface area contributed by atoms with E-state index >= 15 is 0 Å². The van der Waals surface area contributed by atoms with Gasteiger partial charge >= 0.3 is 6.09 Å². The summed E-state index contributed by atoms with van der Waals surface area (Å²) in [5.41, 5.74) is 0. The van der Waals surface area contributed by atoms with Crippen LogP contribution in [-0.4, -0.2) is 64.1 Å². The summed E-state index contributed by atoms with van der Waals surface area (Å²) in [6.45, 7) is 2.90. The lowest BCUT2D eigenvalue weighted by atomic mass is 10.0. The summed E-state index contributed by atoms with van der Waals surface area (Å²) in [6, 6.07) is -0.433. The van der Waals surface area contributed by atoms with E-state index in [0.29, 0.717) is 30.4 Å². The lowest BCUT2D eigenvalue weighted by Gasteiger charge is -2.33. The highest BCUT2D eigenvalue weighted by Crippen LogP contribution is 2.18. The Balaban J connectivity index is 1.76. The summed E-state index contributed by atoms with van der Waals surface area (Å²) in [7, 11) is 1.33. The summed E-state index contributed by atoms with van der Waals surface area (Å²) >= 11 is 1.47. The van der Waals surface area contributed by atoms with Gasteiger partial charge in [-0.1, -0.05) is 11.8 Å². The summed E-state index contributed by atoms with van der Waals surface area (Å²) in [5, 5.41) is 10.3. The van der Waals surface area contributed by atoms with Crippen LogP contribution in [0.25, 0.3) is 0 Å². The molecule has 0 aliphatic carbocycles. The number of aromatic amines is 1. The van der Waals surface area contributed by atoms with Gasteiger partial charge in [0.1, 0.15) is 11.9 Å². The van der Waals surface area contributed by atoms with Crippen molar-refractivity contribution in [3.8, 4) is 0 Å². The Morgan fingerprint density at radius 2 is 2.32 bits per heavy atom. The van der Waals surface area contributed by atoms with Gasteiger partial charge in [-0.25, -0.2) is 9.78 Å². The second-order valence-electron chi connectivity index (χ2n) is 5.02. The highest BCUT2D eigenvalue weighted by Gasteiger charge is 2.32. The van der Waals surface area contributed by atoms with E-state index in [1.54, 1.807) is 0 Å². The predicted molar refractivity (Wildman–Crippen MR) is 81.6 cm³/mol. The monoisotopic (exact) mass is 327 g/mol. The van der Waals surface area contributed by atoms with Crippen LogP contribution in [-0.2, 0) is 9.53 Å². The first kappa shape index (κ1) is 16.6. The maximum absolute atomic E-state index is 12.2. The highest BCUT2D eigenvalue weighted by molar-refractivity contribution is 7.99. The molecule has 1 fully saturated rings. The number of carbonyl (C=O) groups is 2. The van der Waals surface area contributed by atoms with Crippen molar-refractivity contribution < 1.29 is 14.3 Å². The molecule has 122 valence electrons. The number of carbonyl (C=O) groups excluding carboxylic acids is 2. The van der Waals surface area contributed by atoms with Gasteiger partial charge in [0.2, 0.25) is 11.1 Å². The molecule has 0 bridgehead atoms. The van der Waals surface area contributed by atoms with Crippen molar-refractivity contribution in [1.29, 1.82) is 0 Å². The SMILES string of the molecule is COC(=O)N1CCCC[C@H]1C(=O)NCCSc1n[nH]c(C)n1. The molecule has 1 aliphatic rings. The van der Waals surface area contributed by atoms with Gasteiger partial charge in [-0.15, -0.1) is 5.10 Å². The molecule has 0 radical (unpaired) electrons. The van der Waals surface area contributed by atoms with Crippen LogP contribution in [0.3, 0.4) is 0 Å². The van der Waals surface area contributed by atoms with Crippen molar-refractivity contribution in [3.63, 3.8) is 0 Å². The molecule has 8 nitrogen and oxygen atoms in total. The van der Waals surface area contributed by atoms with Crippen LogP contribution in [0.5, 0.6) is 0 Å². The molecule has 0 saturated carbocycles. The van der Waals surface area contributed by atoms with Crippen LogP contribution >= 0.6 is 11.8 Å². The first-order valence-electron chi connectivity index (χ1n) is 7.26. The van der Waals surface area contributed by atoms with Crippen LogP contribution in [0, 0.1) is 6.92 Å². The van der Waals surface area contributed by atoms with Gasteiger partial charge in [0.25, 0.3) is 0 Å². The first-order chi connectivity index (χ1) is 10.6. The molecule has 0 spiro atoms. The van der Waals surface area contributed by atoms with Crippen LogP contribution < -0.4 is 5.32 Å². The van der Waals surface area contributed by atoms with Crippen molar-refractivity contribution >= 4 is 23.8 Å². The third kappa shape index (κ3) is 4.36. The van der Waals surface area contributed by atoms with Crippen LogP contribution in [0.2, 0.25) is 0 Å². The number of aromatic nitrogens is 3. The molecule has 1 aromatic heterocycles. The zero-order chi connectivity index (χ0) is 15.9. The van der Waals surface area contributed by atoms with Gasteiger partial charge in [-0.2, -0.15) is 0 Å². The minimum Gasteiger partial charge on any atom is -0.453 e. The number of hydrogen-bond donors (Lipinski definition) is 2. The number of nitrogens with zero attached hydrogens (tertiary/aromatic N) is 3. The Bertz CT molecular complexity index is 522. The van der Waals surface area contributed by atoms with E-state index in [2.05, 4.69) is 20.5 Å². The zero-order valence-corrected chi connectivity index (χ0v) is 13.6. The Kier molecular flexibility index (Phi) is 6.05. The van der Waals surface area contributed by atoms with Gasteiger partial charge in [0.05, 0.1) is 7.11 Å². The number of methoxy groups -OCH3 is 1. The van der Waals surface area contributed by atoms with Crippen molar-refractivity contribution in [2.24, 2.45) is 0 Å². The number of nitrogens with one attached hydrogen (secondary N) is 2. The summed E-state index contributed by atoms with van der Waals surface area (Å²) in [5.74, 6) is 1.31. The van der Waals surface area contributed by atoms with Gasteiger partial charge < -0.3 is 10.1 Å². The number of aryl methyl sites for hydroxylation is 1. The smallest absolute Gasteiger partial charge is 0.410 e. The number of hydrogen-bond acceptors (Lipinski definition) is 6. The zero-order valence-electron chi connectivity index (χ0n) is 12.8. The number of amides is 2. The molecule has 9 heteroatoms. The minimum absolute atomic E-state index is 0.128. The third-order valence-electron chi connectivity index (χ3n) is 3.42. The van der Waals surface area contributed by atoms with E-state index < -0.39 is 12.1 Å². The standard InChI is InChI=1S/C13H21N5O3S/c1-9-15-12(17-16-9)22-8-6-14-11(19)10-5-3-4-7-18(10)13(20)21-2/h10H,3-8H2,1-2H3,(H,14,19)(H,15,16,17)/t10-/m0/s1. The normalized spacial score (nSPS) is 18.1. The quantitative estimate of drug-likeness (QED) is 0.617. The lowest BCUT2D eigenvalue weighted by Crippen LogP contribution is -2.52. The molecule has 1 aliphatic heterocycles. The maximum Gasteiger partial charge on any atom is 0.410 e. The topological polar surface area (TPSA) is 100 Å². The van der Waals surface area contributed by atoms with E-state index in [0.717, 1.165) is 18.7 Å². The Labute approximate surface area is 133 Å². The summed E-state index contributed by atoms with van der Waals surface area (Å²) < 4.78 is 4.74. The van der Waals surface area contributed by atoms with Gasteiger partial charge in [0, 0.05) is 18.8 Å². The molecule has 2 N–H and O–H groups in total. The number of ether oxygens (including phenoxy) is 1.